The average Bonchev–Trinajstić information content (AvgIpc) is 3.24. The number of nitrogens with zero attached hydrogens (tertiary/aromatic N) is 3. The van der Waals surface area contributed by atoms with E-state index >= 15 is 0 Å². The topological polar surface area (TPSA) is 140 Å². The second kappa shape index (κ2) is 9.02. The van der Waals surface area contributed by atoms with Gasteiger partial charge in [0.15, 0.2) is 9.84 Å². The predicted molar refractivity (Wildman–Crippen MR) is 139 cm³/mol. The molecule has 0 unspecified atom stereocenters. The third kappa shape index (κ3) is 4.69. The fourth-order valence-electron chi connectivity index (χ4n) is 3.78. The van der Waals surface area contributed by atoms with E-state index in [1.165, 1.54) is 29.8 Å². The van der Waals surface area contributed by atoms with Crippen LogP contribution in [-0.2, 0) is 14.6 Å². The Balaban J connectivity index is 1.61. The molecular weight excluding hydrogens is 484 g/mol. The number of carbonyl (C=O) groups is 1. The number of anilines is 3. The molecule has 0 bridgehead atoms. The minimum absolute atomic E-state index is 0.0814. The molecule has 0 radical (unpaired) electrons. The number of fused-ring (bicyclic) bond motifs is 2. The van der Waals surface area contributed by atoms with E-state index < -0.39 is 9.84 Å². The first-order valence-corrected chi connectivity index (χ1v) is 13.2. The maximum absolute atomic E-state index is 12.2. The molecule has 3 aromatic heterocycles. The van der Waals surface area contributed by atoms with Crippen LogP contribution in [0.1, 0.15) is 0 Å². The molecule has 0 atom stereocenters. The quantitative estimate of drug-likeness (QED) is 0.316. The van der Waals surface area contributed by atoms with Gasteiger partial charge in [-0.2, -0.15) is 0 Å². The smallest absolute Gasteiger partial charge is 0.238 e. The third-order valence-electron chi connectivity index (χ3n) is 5.31. The molecule has 1 amide bonds. The van der Waals surface area contributed by atoms with E-state index in [-0.39, 0.29) is 17.3 Å². The maximum Gasteiger partial charge on any atom is 0.238 e. The Morgan fingerprint density at radius 1 is 1.06 bits per heavy atom. The van der Waals surface area contributed by atoms with Crippen molar-refractivity contribution in [2.24, 2.45) is 5.73 Å². The number of sulfone groups is 1. The summed E-state index contributed by atoms with van der Waals surface area (Å²) in [6.07, 6.45) is 7.32. The lowest BCUT2D eigenvalue weighted by Gasteiger charge is -2.13. The lowest BCUT2D eigenvalue weighted by atomic mass is 10.0. The molecule has 0 aliphatic rings. The van der Waals surface area contributed by atoms with Crippen molar-refractivity contribution in [1.82, 2.24) is 15.0 Å². The molecule has 9 nitrogen and oxygen atoms in total. The SMILES string of the molecule is CS(=O)(=O)c1ccncc1Nc1cc(-c2ccc3sc(NC(=O)CN)cc3c2)c2nccnc2c1. The Kier molecular flexibility index (Phi) is 5.89. The van der Waals surface area contributed by atoms with Crippen LogP contribution < -0.4 is 16.4 Å². The first-order valence-electron chi connectivity index (χ1n) is 10.5. The molecule has 4 N–H and O–H groups in total. The predicted octanol–water partition coefficient (Wildman–Crippen LogP) is 3.95. The summed E-state index contributed by atoms with van der Waals surface area (Å²) < 4.78 is 25.5. The molecule has 0 saturated heterocycles. The van der Waals surface area contributed by atoms with Gasteiger partial charge in [0.2, 0.25) is 5.91 Å². The third-order valence-corrected chi connectivity index (χ3v) is 7.50. The van der Waals surface area contributed by atoms with Gasteiger partial charge in [-0.05, 0) is 47.3 Å². The summed E-state index contributed by atoms with van der Waals surface area (Å²) in [6, 6.07) is 13.1. The molecular formula is C24H20N6O3S2. The van der Waals surface area contributed by atoms with Gasteiger partial charge in [-0.1, -0.05) is 6.07 Å². The molecule has 0 aliphatic carbocycles. The van der Waals surface area contributed by atoms with Gasteiger partial charge in [0.1, 0.15) is 0 Å². The number of amides is 1. The standard InChI is InChI=1S/C24H20N6O3S2/c1-35(32,33)21-4-5-26-13-19(21)29-16-10-17(24-18(11-16)27-6-7-28-24)14-2-3-20-15(8-14)9-23(34-20)30-22(31)12-25/h2-11,13,29H,12,25H2,1H3,(H,30,31). The van der Waals surface area contributed by atoms with Crippen LogP contribution in [0.3, 0.4) is 0 Å². The number of benzene rings is 2. The van der Waals surface area contributed by atoms with Gasteiger partial charge in [0, 0.05) is 40.8 Å². The molecule has 3 heterocycles. The van der Waals surface area contributed by atoms with Crippen LogP contribution in [0.25, 0.3) is 32.2 Å². The van der Waals surface area contributed by atoms with Gasteiger partial charge < -0.3 is 16.4 Å². The summed E-state index contributed by atoms with van der Waals surface area (Å²) >= 11 is 1.47. The molecule has 0 aliphatic heterocycles. The zero-order valence-electron chi connectivity index (χ0n) is 18.5. The van der Waals surface area contributed by atoms with E-state index in [9.17, 15) is 13.2 Å². The van der Waals surface area contributed by atoms with E-state index in [0.29, 0.717) is 22.4 Å². The normalized spacial score (nSPS) is 11.6. The number of thiophene rings is 1. The lowest BCUT2D eigenvalue weighted by molar-refractivity contribution is -0.114. The highest BCUT2D eigenvalue weighted by Gasteiger charge is 2.16. The van der Waals surface area contributed by atoms with Crippen LogP contribution in [0.15, 0.2) is 72.1 Å². The van der Waals surface area contributed by atoms with Crippen LogP contribution in [0.2, 0.25) is 0 Å². The monoisotopic (exact) mass is 504 g/mol. The van der Waals surface area contributed by atoms with Crippen molar-refractivity contribution in [2.45, 2.75) is 4.90 Å². The van der Waals surface area contributed by atoms with Crippen molar-refractivity contribution < 1.29 is 13.2 Å². The van der Waals surface area contributed by atoms with Gasteiger partial charge in [-0.25, -0.2) is 8.42 Å². The summed E-state index contributed by atoms with van der Waals surface area (Å²) in [5, 5.41) is 7.65. The molecule has 2 aromatic carbocycles. The molecule has 176 valence electrons. The zero-order chi connectivity index (χ0) is 24.6. The highest BCUT2D eigenvalue weighted by atomic mass is 32.2. The van der Waals surface area contributed by atoms with Crippen molar-refractivity contribution in [1.29, 1.82) is 0 Å². The first kappa shape index (κ1) is 22.8. The van der Waals surface area contributed by atoms with Crippen molar-refractivity contribution in [3.63, 3.8) is 0 Å². The van der Waals surface area contributed by atoms with E-state index in [0.717, 1.165) is 32.5 Å². The van der Waals surface area contributed by atoms with E-state index in [2.05, 4.69) is 25.6 Å². The second-order valence-electron chi connectivity index (χ2n) is 7.83. The molecule has 0 spiro atoms. The molecule has 0 fully saturated rings. The Bertz CT molecular complexity index is 1700. The fraction of sp³-hybridized carbons (Fsp3) is 0.0833. The molecule has 5 aromatic rings. The number of pyridine rings is 1. The van der Waals surface area contributed by atoms with E-state index in [1.807, 2.05) is 36.4 Å². The Morgan fingerprint density at radius 2 is 1.89 bits per heavy atom. The number of rotatable bonds is 6. The number of carbonyl (C=O) groups excluding carboxylic acids is 1. The highest BCUT2D eigenvalue weighted by molar-refractivity contribution is 7.90. The number of nitrogens with one attached hydrogen (secondary N) is 2. The number of hydrogen-bond donors (Lipinski definition) is 3. The fourth-order valence-corrected chi connectivity index (χ4v) is 5.55. The number of hydrogen-bond acceptors (Lipinski definition) is 9. The van der Waals surface area contributed by atoms with Gasteiger partial charge in [0.25, 0.3) is 0 Å². The zero-order valence-corrected chi connectivity index (χ0v) is 20.2. The van der Waals surface area contributed by atoms with E-state index in [4.69, 9.17) is 5.73 Å². The van der Waals surface area contributed by atoms with Gasteiger partial charge >= 0.3 is 0 Å². The van der Waals surface area contributed by atoms with Crippen molar-refractivity contribution in [2.75, 3.05) is 23.4 Å². The maximum atomic E-state index is 12.2. The Hall–Kier alpha value is -3.93. The summed E-state index contributed by atoms with van der Waals surface area (Å²) in [5.74, 6) is -0.249. The minimum atomic E-state index is -3.46. The Labute approximate surface area is 205 Å². The number of nitrogens with two attached hydrogens (primary N) is 1. The summed E-state index contributed by atoms with van der Waals surface area (Å²) in [5.41, 5.74) is 9.50. The molecule has 0 saturated carbocycles. The average molecular weight is 505 g/mol. The van der Waals surface area contributed by atoms with Gasteiger partial charge in [0.05, 0.1) is 39.4 Å². The van der Waals surface area contributed by atoms with Gasteiger partial charge in [-0.3, -0.25) is 19.7 Å². The number of aromatic nitrogens is 3. The summed E-state index contributed by atoms with van der Waals surface area (Å²) in [4.78, 5) is 24.9. The van der Waals surface area contributed by atoms with E-state index in [1.54, 1.807) is 12.4 Å². The minimum Gasteiger partial charge on any atom is -0.353 e. The molecule has 35 heavy (non-hydrogen) atoms. The summed E-state index contributed by atoms with van der Waals surface area (Å²) in [6.45, 7) is -0.0814. The summed E-state index contributed by atoms with van der Waals surface area (Å²) in [7, 11) is -3.46. The van der Waals surface area contributed by atoms with Crippen molar-refractivity contribution in [3.8, 4) is 11.1 Å². The van der Waals surface area contributed by atoms with Gasteiger partial charge in [-0.15, -0.1) is 11.3 Å². The Morgan fingerprint density at radius 3 is 2.69 bits per heavy atom. The molecule has 5 rings (SSSR count). The van der Waals surface area contributed by atoms with Crippen LogP contribution in [0, 0.1) is 0 Å². The lowest BCUT2D eigenvalue weighted by Crippen LogP contribution is -2.21. The van der Waals surface area contributed by atoms with Crippen LogP contribution in [-0.4, -0.2) is 42.1 Å². The largest absolute Gasteiger partial charge is 0.353 e. The second-order valence-corrected chi connectivity index (χ2v) is 10.9. The molecule has 11 heteroatoms. The van der Waals surface area contributed by atoms with Crippen LogP contribution in [0.5, 0.6) is 0 Å². The van der Waals surface area contributed by atoms with Crippen LogP contribution in [0.4, 0.5) is 16.4 Å². The highest BCUT2D eigenvalue weighted by Crippen LogP contribution is 2.36. The van der Waals surface area contributed by atoms with Crippen molar-refractivity contribution >= 4 is 64.6 Å². The van der Waals surface area contributed by atoms with Crippen LogP contribution >= 0.6 is 11.3 Å². The first-order chi connectivity index (χ1) is 16.8. The van der Waals surface area contributed by atoms with Crippen molar-refractivity contribution in [3.05, 3.63) is 67.3 Å².